The van der Waals surface area contributed by atoms with Gasteiger partial charge >= 0.3 is 12.0 Å². The maximum Gasteiger partial charge on any atom is 0.328 e. The van der Waals surface area contributed by atoms with Crippen LogP contribution in [0.15, 0.2) is 0 Å². The third-order valence-electron chi connectivity index (χ3n) is 2.51. The Labute approximate surface area is 112 Å². The molecular formula is C11H21N3O5. The van der Waals surface area contributed by atoms with Crippen LogP contribution in [0.1, 0.15) is 13.8 Å². The molecule has 8 nitrogen and oxygen atoms in total. The molecule has 0 saturated heterocycles. The topological polar surface area (TPSA) is 108 Å². The first kappa shape index (κ1) is 17.2. The van der Waals surface area contributed by atoms with E-state index in [1.165, 1.54) is 18.9 Å². The van der Waals surface area contributed by atoms with E-state index in [1.54, 1.807) is 7.05 Å². The number of likely N-dealkylation sites (N-methyl/N-ethyl adjacent to an activating group) is 1. The molecule has 3 amide bonds. The maximum atomic E-state index is 11.7. The van der Waals surface area contributed by atoms with Crippen LogP contribution in [-0.4, -0.2) is 67.3 Å². The molecule has 0 rings (SSSR count). The average molecular weight is 275 g/mol. The molecule has 0 bridgehead atoms. The van der Waals surface area contributed by atoms with Crippen LogP contribution < -0.4 is 10.6 Å². The van der Waals surface area contributed by atoms with Crippen molar-refractivity contribution in [3.63, 3.8) is 0 Å². The monoisotopic (exact) mass is 275 g/mol. The lowest BCUT2D eigenvalue weighted by Gasteiger charge is -2.21. The first-order chi connectivity index (χ1) is 8.83. The van der Waals surface area contributed by atoms with Crippen molar-refractivity contribution >= 4 is 17.9 Å². The summed E-state index contributed by atoms with van der Waals surface area (Å²) in [7, 11) is 2.95. The van der Waals surface area contributed by atoms with Crippen molar-refractivity contribution < 1.29 is 24.2 Å². The van der Waals surface area contributed by atoms with E-state index in [9.17, 15) is 14.4 Å². The van der Waals surface area contributed by atoms with Crippen molar-refractivity contribution in [1.82, 2.24) is 15.5 Å². The predicted molar refractivity (Wildman–Crippen MR) is 67.7 cm³/mol. The summed E-state index contributed by atoms with van der Waals surface area (Å²) in [6, 6.07) is -2.62. The van der Waals surface area contributed by atoms with Crippen LogP contribution in [-0.2, 0) is 14.3 Å². The fourth-order valence-electron chi connectivity index (χ4n) is 1.29. The molecule has 0 aliphatic rings. The Morgan fingerprint density at radius 2 is 1.89 bits per heavy atom. The normalized spacial score (nSPS) is 13.3. The van der Waals surface area contributed by atoms with Crippen molar-refractivity contribution in [2.75, 3.05) is 27.3 Å². The van der Waals surface area contributed by atoms with Gasteiger partial charge in [0.1, 0.15) is 6.04 Å². The van der Waals surface area contributed by atoms with Crippen molar-refractivity contribution in [3.8, 4) is 0 Å². The zero-order chi connectivity index (χ0) is 15.0. The summed E-state index contributed by atoms with van der Waals surface area (Å²) in [4.78, 5) is 35.5. The molecule has 0 radical (unpaired) electrons. The van der Waals surface area contributed by atoms with Crippen LogP contribution >= 0.6 is 0 Å². The number of amides is 3. The molecule has 0 aromatic rings. The fourth-order valence-corrected chi connectivity index (χ4v) is 1.29. The number of methoxy groups -OCH3 is 1. The number of hydrogen-bond acceptors (Lipinski definition) is 4. The third-order valence-corrected chi connectivity index (χ3v) is 2.51. The van der Waals surface area contributed by atoms with Crippen LogP contribution in [0.4, 0.5) is 4.79 Å². The summed E-state index contributed by atoms with van der Waals surface area (Å²) in [6.45, 7) is 3.71. The molecule has 0 aliphatic carbocycles. The molecule has 110 valence electrons. The number of nitrogens with one attached hydrogen (secondary N) is 2. The number of carbonyl (C=O) groups excluding carboxylic acids is 2. The van der Waals surface area contributed by atoms with E-state index in [-0.39, 0.29) is 12.5 Å². The van der Waals surface area contributed by atoms with Gasteiger partial charge in [-0.15, -0.1) is 0 Å². The highest BCUT2D eigenvalue weighted by Crippen LogP contribution is 1.92. The van der Waals surface area contributed by atoms with Crippen LogP contribution in [0.2, 0.25) is 0 Å². The molecule has 3 N–H and O–H groups in total. The van der Waals surface area contributed by atoms with E-state index in [0.717, 1.165) is 0 Å². The molecule has 0 fully saturated rings. The molecule has 2 atom stereocenters. The SMILES string of the molecule is CCN(C)C(=O)C(C)NC(=O)NC(COC)C(=O)O. The highest BCUT2D eigenvalue weighted by atomic mass is 16.5. The second-order valence-corrected chi connectivity index (χ2v) is 4.04. The van der Waals surface area contributed by atoms with Crippen LogP contribution in [0.5, 0.6) is 0 Å². The Balaban J connectivity index is 4.36. The smallest absolute Gasteiger partial charge is 0.328 e. The number of aliphatic carboxylic acids is 1. The molecule has 0 aromatic carbocycles. The Bertz CT molecular complexity index is 334. The van der Waals surface area contributed by atoms with Crippen LogP contribution in [0.3, 0.4) is 0 Å². The highest BCUT2D eigenvalue weighted by Gasteiger charge is 2.23. The van der Waals surface area contributed by atoms with Gasteiger partial charge in [-0.2, -0.15) is 0 Å². The zero-order valence-electron chi connectivity index (χ0n) is 11.6. The molecule has 0 spiro atoms. The van der Waals surface area contributed by atoms with E-state index in [2.05, 4.69) is 15.4 Å². The summed E-state index contributed by atoms with van der Waals surface area (Å²) < 4.78 is 4.68. The second kappa shape index (κ2) is 8.30. The minimum atomic E-state index is -1.21. The Kier molecular flexibility index (Phi) is 7.50. The molecule has 19 heavy (non-hydrogen) atoms. The molecule has 2 unspecified atom stereocenters. The van der Waals surface area contributed by atoms with Gasteiger partial charge in [-0.3, -0.25) is 4.79 Å². The number of nitrogens with zero attached hydrogens (tertiary/aromatic N) is 1. The maximum absolute atomic E-state index is 11.7. The second-order valence-electron chi connectivity index (χ2n) is 4.04. The van der Waals surface area contributed by atoms with Gasteiger partial charge < -0.3 is 25.4 Å². The zero-order valence-corrected chi connectivity index (χ0v) is 11.6. The number of ether oxygens (including phenoxy) is 1. The van der Waals surface area contributed by atoms with Gasteiger partial charge in [0.05, 0.1) is 6.61 Å². The molecule has 0 saturated carbocycles. The number of hydrogen-bond donors (Lipinski definition) is 3. The summed E-state index contributed by atoms with van der Waals surface area (Å²) in [5.74, 6) is -1.46. The molecule has 0 aromatic heterocycles. The lowest BCUT2D eigenvalue weighted by molar-refractivity contribution is -0.140. The summed E-state index contributed by atoms with van der Waals surface area (Å²) in [5, 5.41) is 13.4. The largest absolute Gasteiger partial charge is 0.480 e. The van der Waals surface area contributed by atoms with Crippen molar-refractivity contribution in [3.05, 3.63) is 0 Å². The van der Waals surface area contributed by atoms with E-state index >= 15 is 0 Å². The van der Waals surface area contributed by atoms with Gasteiger partial charge in [-0.25, -0.2) is 9.59 Å². The van der Waals surface area contributed by atoms with Gasteiger partial charge in [-0.05, 0) is 13.8 Å². The van der Waals surface area contributed by atoms with E-state index < -0.39 is 24.1 Å². The van der Waals surface area contributed by atoms with Gasteiger partial charge in [0.15, 0.2) is 6.04 Å². The van der Waals surface area contributed by atoms with Crippen molar-refractivity contribution in [2.24, 2.45) is 0 Å². The number of carboxylic acid groups (broad SMARTS) is 1. The van der Waals surface area contributed by atoms with Crippen molar-refractivity contribution in [2.45, 2.75) is 25.9 Å². The minimum absolute atomic E-state index is 0.153. The lowest BCUT2D eigenvalue weighted by Crippen LogP contribution is -2.53. The van der Waals surface area contributed by atoms with Gasteiger partial charge in [0.25, 0.3) is 0 Å². The minimum Gasteiger partial charge on any atom is -0.480 e. The van der Waals surface area contributed by atoms with E-state index in [0.29, 0.717) is 6.54 Å². The Hall–Kier alpha value is -1.83. The standard InChI is InChI=1S/C11H21N3O5/c1-5-14(3)9(15)7(2)12-11(18)13-8(6-19-4)10(16)17/h7-8H,5-6H2,1-4H3,(H,16,17)(H2,12,13,18). The van der Waals surface area contributed by atoms with Gasteiger partial charge in [-0.1, -0.05) is 0 Å². The van der Waals surface area contributed by atoms with E-state index in [4.69, 9.17) is 5.11 Å². The summed E-state index contributed by atoms with van der Waals surface area (Å²) in [6.07, 6.45) is 0. The first-order valence-corrected chi connectivity index (χ1v) is 5.87. The Morgan fingerprint density at radius 1 is 1.32 bits per heavy atom. The lowest BCUT2D eigenvalue weighted by atomic mass is 10.3. The molecule has 8 heteroatoms. The third kappa shape index (κ3) is 6.05. The van der Waals surface area contributed by atoms with Crippen molar-refractivity contribution in [1.29, 1.82) is 0 Å². The quantitative estimate of drug-likeness (QED) is 0.566. The number of carboxylic acids is 1. The van der Waals surface area contributed by atoms with Gasteiger partial charge in [0.2, 0.25) is 5.91 Å². The first-order valence-electron chi connectivity index (χ1n) is 5.87. The number of carbonyl (C=O) groups is 3. The predicted octanol–water partition coefficient (Wildman–Crippen LogP) is -0.748. The Morgan fingerprint density at radius 3 is 2.32 bits per heavy atom. The summed E-state index contributed by atoms with van der Waals surface area (Å²) in [5.41, 5.74) is 0. The molecule has 0 aliphatic heterocycles. The van der Waals surface area contributed by atoms with Gasteiger partial charge in [0, 0.05) is 20.7 Å². The number of rotatable bonds is 7. The fraction of sp³-hybridized carbons (Fsp3) is 0.727. The number of urea groups is 1. The average Bonchev–Trinajstić information content (AvgIpc) is 2.35. The van der Waals surface area contributed by atoms with Crippen LogP contribution in [0.25, 0.3) is 0 Å². The van der Waals surface area contributed by atoms with Crippen LogP contribution in [0, 0.1) is 0 Å². The summed E-state index contributed by atoms with van der Waals surface area (Å²) >= 11 is 0. The highest BCUT2D eigenvalue weighted by molar-refractivity contribution is 5.88. The van der Waals surface area contributed by atoms with E-state index in [1.807, 2.05) is 6.92 Å². The molecule has 0 heterocycles. The molecular weight excluding hydrogens is 254 g/mol.